The third kappa shape index (κ3) is 3.51. The first-order chi connectivity index (χ1) is 12.4. The predicted molar refractivity (Wildman–Crippen MR) is 102 cm³/mol. The fourth-order valence-electron chi connectivity index (χ4n) is 2.73. The van der Waals surface area contributed by atoms with Crippen molar-refractivity contribution in [3.05, 3.63) is 62.9 Å². The van der Waals surface area contributed by atoms with Crippen LogP contribution in [0.2, 0.25) is 0 Å². The van der Waals surface area contributed by atoms with Crippen LogP contribution in [-0.2, 0) is 9.53 Å². The van der Waals surface area contributed by atoms with Crippen molar-refractivity contribution in [2.24, 2.45) is 0 Å². The smallest absolute Gasteiger partial charge is 0.346 e. The number of aryl methyl sites for hydroxylation is 1. The Kier molecular flexibility index (Phi) is 5.13. The van der Waals surface area contributed by atoms with Crippen LogP contribution in [0.4, 0.5) is 0 Å². The molecule has 0 aliphatic heterocycles. The molecule has 1 atom stereocenters. The number of hydrogen-bond acceptors (Lipinski definition) is 5. The summed E-state index contributed by atoms with van der Waals surface area (Å²) in [6.45, 7) is 3.34. The molecule has 1 aromatic heterocycles. The third-order valence-corrected chi connectivity index (χ3v) is 4.55. The van der Waals surface area contributed by atoms with Gasteiger partial charge < -0.3 is 13.9 Å². The first-order valence-electron chi connectivity index (χ1n) is 7.98. The van der Waals surface area contributed by atoms with Crippen LogP contribution in [-0.4, -0.2) is 19.2 Å². The van der Waals surface area contributed by atoms with Gasteiger partial charge in [-0.15, -0.1) is 0 Å². The summed E-state index contributed by atoms with van der Waals surface area (Å²) < 4.78 is 17.0. The van der Waals surface area contributed by atoms with E-state index in [2.05, 4.69) is 20.7 Å². The lowest BCUT2D eigenvalue weighted by atomic mass is 10.0. The van der Waals surface area contributed by atoms with Crippen LogP contribution in [0.3, 0.4) is 0 Å². The second-order valence-electron chi connectivity index (χ2n) is 5.81. The van der Waals surface area contributed by atoms with E-state index in [1.54, 1.807) is 32.0 Å². The molecule has 1 heterocycles. The summed E-state index contributed by atoms with van der Waals surface area (Å²) in [7, 11) is 1.30. The van der Waals surface area contributed by atoms with E-state index in [1.807, 2.05) is 24.3 Å². The zero-order chi connectivity index (χ0) is 18.8. The number of methoxy groups -OCH3 is 1. The fourth-order valence-corrected chi connectivity index (χ4v) is 2.99. The van der Waals surface area contributed by atoms with Gasteiger partial charge in [-0.1, -0.05) is 28.1 Å². The average molecular weight is 417 g/mol. The minimum Gasteiger partial charge on any atom is -0.479 e. The maximum Gasteiger partial charge on any atom is 0.346 e. The summed E-state index contributed by atoms with van der Waals surface area (Å²) in [5.74, 6) is 0.464. The largest absolute Gasteiger partial charge is 0.479 e. The first kappa shape index (κ1) is 18.2. The summed E-state index contributed by atoms with van der Waals surface area (Å²) in [5.41, 5.74) is 1.61. The fraction of sp³-hybridized carbons (Fsp3) is 0.200. The average Bonchev–Trinajstić information content (AvgIpc) is 2.62. The Morgan fingerprint density at radius 2 is 1.85 bits per heavy atom. The summed E-state index contributed by atoms with van der Waals surface area (Å²) in [5, 5.41) is 0.451. The van der Waals surface area contributed by atoms with Crippen LogP contribution in [0.5, 0.6) is 5.75 Å². The van der Waals surface area contributed by atoms with Gasteiger partial charge in [-0.25, -0.2) is 4.79 Å². The van der Waals surface area contributed by atoms with Crippen LogP contribution in [0.25, 0.3) is 22.1 Å². The van der Waals surface area contributed by atoms with Crippen molar-refractivity contribution in [1.29, 1.82) is 0 Å². The van der Waals surface area contributed by atoms with Crippen molar-refractivity contribution in [3.63, 3.8) is 0 Å². The summed E-state index contributed by atoms with van der Waals surface area (Å²) in [6.07, 6.45) is -0.757. The van der Waals surface area contributed by atoms with E-state index < -0.39 is 12.1 Å². The van der Waals surface area contributed by atoms with E-state index in [1.165, 1.54) is 7.11 Å². The van der Waals surface area contributed by atoms with Gasteiger partial charge in [0.15, 0.2) is 6.10 Å². The third-order valence-electron chi connectivity index (χ3n) is 4.02. The Morgan fingerprint density at radius 1 is 1.15 bits per heavy atom. The Bertz CT molecular complexity index is 1020. The topological polar surface area (TPSA) is 65.7 Å². The summed E-state index contributed by atoms with van der Waals surface area (Å²) >= 11 is 3.39. The molecule has 3 rings (SSSR count). The number of ether oxygens (including phenoxy) is 2. The molecular weight excluding hydrogens is 400 g/mol. The molecule has 6 heteroatoms. The van der Waals surface area contributed by atoms with Gasteiger partial charge in [-0.05, 0) is 43.7 Å². The number of rotatable bonds is 4. The quantitative estimate of drug-likeness (QED) is 0.586. The predicted octanol–water partition coefficient (Wildman–Crippen LogP) is 4.47. The number of halogens is 1. The van der Waals surface area contributed by atoms with Gasteiger partial charge in [0.2, 0.25) is 5.43 Å². The standard InChI is InChI=1S/C20H17BrO5/c1-11-18(13-4-6-14(21)7-5-13)19(22)16-9-8-15(10-17(16)26-11)25-12(2)20(23)24-3/h4-10,12H,1-3H3/t12-/m0/s1. The van der Waals surface area contributed by atoms with E-state index in [4.69, 9.17) is 9.15 Å². The SMILES string of the molecule is COC(=O)[C@H](C)Oc1ccc2c(=O)c(-c3ccc(Br)cc3)c(C)oc2c1. The highest BCUT2D eigenvalue weighted by Crippen LogP contribution is 2.27. The van der Waals surface area contributed by atoms with E-state index in [-0.39, 0.29) is 5.43 Å². The van der Waals surface area contributed by atoms with Crippen molar-refractivity contribution in [3.8, 4) is 16.9 Å². The lowest BCUT2D eigenvalue weighted by Gasteiger charge is -2.13. The molecule has 2 aromatic carbocycles. The number of benzene rings is 2. The van der Waals surface area contributed by atoms with Gasteiger partial charge in [0.1, 0.15) is 17.1 Å². The maximum atomic E-state index is 12.9. The molecule has 0 radical (unpaired) electrons. The molecule has 26 heavy (non-hydrogen) atoms. The van der Waals surface area contributed by atoms with Crippen molar-refractivity contribution < 1.29 is 18.7 Å². The van der Waals surface area contributed by atoms with Crippen molar-refractivity contribution in [1.82, 2.24) is 0 Å². The summed E-state index contributed by atoms with van der Waals surface area (Å²) in [6, 6.07) is 12.4. The lowest BCUT2D eigenvalue weighted by Crippen LogP contribution is -2.24. The molecule has 134 valence electrons. The van der Waals surface area contributed by atoms with E-state index in [0.717, 1.165) is 10.0 Å². The molecule has 3 aromatic rings. The normalized spacial score (nSPS) is 12.0. The zero-order valence-electron chi connectivity index (χ0n) is 14.5. The van der Waals surface area contributed by atoms with Gasteiger partial charge in [0, 0.05) is 10.5 Å². The minimum absolute atomic E-state index is 0.112. The zero-order valence-corrected chi connectivity index (χ0v) is 16.1. The Labute approximate surface area is 158 Å². The van der Waals surface area contributed by atoms with Crippen LogP contribution in [0, 0.1) is 6.92 Å². The molecule has 0 saturated heterocycles. The van der Waals surface area contributed by atoms with Crippen molar-refractivity contribution in [2.45, 2.75) is 20.0 Å². The highest BCUT2D eigenvalue weighted by molar-refractivity contribution is 9.10. The van der Waals surface area contributed by atoms with E-state index >= 15 is 0 Å². The van der Waals surface area contributed by atoms with Gasteiger partial charge in [0.05, 0.1) is 18.1 Å². The Hall–Kier alpha value is -2.60. The molecule has 0 fully saturated rings. The molecule has 0 unspecified atom stereocenters. The molecule has 0 bridgehead atoms. The Morgan fingerprint density at radius 3 is 2.50 bits per heavy atom. The Balaban J connectivity index is 2.05. The molecular formula is C20H17BrO5. The van der Waals surface area contributed by atoms with Gasteiger partial charge in [-0.3, -0.25) is 4.79 Å². The van der Waals surface area contributed by atoms with Crippen LogP contribution in [0.15, 0.2) is 56.1 Å². The van der Waals surface area contributed by atoms with Gasteiger partial charge in [-0.2, -0.15) is 0 Å². The molecule has 0 saturated carbocycles. The molecule has 0 aliphatic carbocycles. The van der Waals surface area contributed by atoms with Crippen LogP contribution >= 0.6 is 15.9 Å². The lowest BCUT2D eigenvalue weighted by molar-refractivity contribution is -0.147. The number of carbonyl (C=O) groups excluding carboxylic acids is 1. The number of hydrogen-bond donors (Lipinski definition) is 0. The number of esters is 1. The highest BCUT2D eigenvalue weighted by atomic mass is 79.9. The van der Waals surface area contributed by atoms with Crippen molar-refractivity contribution >= 4 is 32.9 Å². The molecule has 0 spiro atoms. The molecule has 0 N–H and O–H groups in total. The second kappa shape index (κ2) is 7.33. The molecule has 0 amide bonds. The summed E-state index contributed by atoms with van der Waals surface area (Å²) in [4.78, 5) is 24.4. The minimum atomic E-state index is -0.757. The molecule has 5 nitrogen and oxygen atoms in total. The van der Waals surface area contributed by atoms with Crippen LogP contribution in [0.1, 0.15) is 12.7 Å². The monoisotopic (exact) mass is 416 g/mol. The number of carbonyl (C=O) groups is 1. The molecule has 0 aliphatic rings. The number of fused-ring (bicyclic) bond motifs is 1. The van der Waals surface area contributed by atoms with E-state index in [0.29, 0.717) is 28.0 Å². The van der Waals surface area contributed by atoms with Crippen LogP contribution < -0.4 is 10.2 Å². The highest BCUT2D eigenvalue weighted by Gasteiger charge is 2.17. The van der Waals surface area contributed by atoms with Crippen molar-refractivity contribution in [2.75, 3.05) is 7.11 Å². The first-order valence-corrected chi connectivity index (χ1v) is 8.78. The van der Waals surface area contributed by atoms with Gasteiger partial charge in [0.25, 0.3) is 0 Å². The maximum absolute atomic E-state index is 12.9. The van der Waals surface area contributed by atoms with E-state index in [9.17, 15) is 9.59 Å². The van der Waals surface area contributed by atoms with Gasteiger partial charge >= 0.3 is 5.97 Å². The second-order valence-corrected chi connectivity index (χ2v) is 6.73.